The van der Waals surface area contributed by atoms with Gasteiger partial charge in [-0.3, -0.25) is 9.59 Å². The molecule has 4 heteroatoms. The second kappa shape index (κ2) is 7.97. The quantitative estimate of drug-likeness (QED) is 0.840. The summed E-state index contributed by atoms with van der Waals surface area (Å²) in [6.45, 7) is 6.26. The fraction of sp³-hybridized carbons (Fsp3) is 0.556. The molecule has 0 saturated carbocycles. The van der Waals surface area contributed by atoms with Crippen molar-refractivity contribution in [3.05, 3.63) is 35.9 Å². The van der Waals surface area contributed by atoms with Gasteiger partial charge in [0.05, 0.1) is 5.92 Å². The molecule has 0 aliphatic carbocycles. The van der Waals surface area contributed by atoms with E-state index in [0.29, 0.717) is 25.4 Å². The van der Waals surface area contributed by atoms with E-state index in [0.717, 1.165) is 19.4 Å². The predicted octanol–water partition coefficient (Wildman–Crippen LogP) is 2.24. The van der Waals surface area contributed by atoms with Crippen molar-refractivity contribution >= 4 is 11.8 Å². The van der Waals surface area contributed by atoms with Gasteiger partial charge in [-0.1, -0.05) is 44.2 Å². The molecule has 1 atom stereocenters. The summed E-state index contributed by atoms with van der Waals surface area (Å²) in [6.07, 6.45) is 2.17. The lowest BCUT2D eigenvalue weighted by Gasteiger charge is -2.17. The summed E-state index contributed by atoms with van der Waals surface area (Å²) >= 11 is 0. The maximum absolute atomic E-state index is 12.2. The van der Waals surface area contributed by atoms with E-state index in [1.54, 1.807) is 0 Å². The van der Waals surface area contributed by atoms with E-state index in [1.165, 1.54) is 5.56 Å². The lowest BCUT2D eigenvalue weighted by atomic mass is 10.1. The fourth-order valence-corrected chi connectivity index (χ4v) is 2.70. The molecule has 0 radical (unpaired) electrons. The first-order valence-electron chi connectivity index (χ1n) is 8.15. The molecular weight excluding hydrogens is 276 g/mol. The van der Waals surface area contributed by atoms with Crippen molar-refractivity contribution in [1.29, 1.82) is 0 Å². The number of nitrogens with one attached hydrogen (secondary N) is 1. The Labute approximate surface area is 132 Å². The SMILES string of the molecule is CC(C)CCN1C[C@@H](C(=O)NCCc2ccccc2)CC1=O. The van der Waals surface area contributed by atoms with Crippen molar-refractivity contribution in [3.63, 3.8) is 0 Å². The maximum atomic E-state index is 12.2. The molecule has 120 valence electrons. The van der Waals surface area contributed by atoms with Gasteiger partial charge in [0.2, 0.25) is 11.8 Å². The molecule has 1 aromatic carbocycles. The number of carbonyl (C=O) groups is 2. The van der Waals surface area contributed by atoms with Gasteiger partial charge >= 0.3 is 0 Å². The molecule has 1 aromatic rings. The summed E-state index contributed by atoms with van der Waals surface area (Å²) in [4.78, 5) is 26.0. The van der Waals surface area contributed by atoms with Crippen molar-refractivity contribution in [1.82, 2.24) is 10.2 Å². The molecule has 4 nitrogen and oxygen atoms in total. The van der Waals surface area contributed by atoms with Crippen LogP contribution in [0.4, 0.5) is 0 Å². The van der Waals surface area contributed by atoms with Crippen molar-refractivity contribution < 1.29 is 9.59 Å². The zero-order valence-corrected chi connectivity index (χ0v) is 13.5. The first-order valence-corrected chi connectivity index (χ1v) is 8.15. The summed E-state index contributed by atoms with van der Waals surface area (Å²) in [6, 6.07) is 10.1. The Kier molecular flexibility index (Phi) is 5.99. The van der Waals surface area contributed by atoms with Crippen LogP contribution in [-0.2, 0) is 16.0 Å². The first-order chi connectivity index (χ1) is 10.6. The fourth-order valence-electron chi connectivity index (χ4n) is 2.70. The predicted molar refractivity (Wildman–Crippen MR) is 87.3 cm³/mol. The van der Waals surface area contributed by atoms with Gasteiger partial charge in [-0.15, -0.1) is 0 Å². The Morgan fingerprint density at radius 2 is 2.05 bits per heavy atom. The van der Waals surface area contributed by atoms with Crippen molar-refractivity contribution in [3.8, 4) is 0 Å². The van der Waals surface area contributed by atoms with Gasteiger partial charge in [-0.2, -0.15) is 0 Å². The van der Waals surface area contributed by atoms with Crippen LogP contribution in [0.1, 0.15) is 32.3 Å². The van der Waals surface area contributed by atoms with Crippen LogP contribution in [-0.4, -0.2) is 36.3 Å². The Hall–Kier alpha value is -1.84. The van der Waals surface area contributed by atoms with Gasteiger partial charge in [0, 0.05) is 26.1 Å². The molecule has 1 aliphatic heterocycles. The standard InChI is InChI=1S/C18H26N2O2/c1-14(2)9-11-20-13-16(12-17(20)21)18(22)19-10-8-15-6-4-3-5-7-15/h3-7,14,16H,8-13H2,1-2H3,(H,19,22)/t16-/m0/s1. The first kappa shape index (κ1) is 16.5. The minimum atomic E-state index is -0.185. The molecule has 0 spiro atoms. The lowest BCUT2D eigenvalue weighted by molar-refractivity contribution is -0.129. The minimum Gasteiger partial charge on any atom is -0.355 e. The molecule has 1 N–H and O–H groups in total. The Balaban J connectivity index is 1.73. The highest BCUT2D eigenvalue weighted by molar-refractivity contribution is 5.89. The third-order valence-electron chi connectivity index (χ3n) is 4.12. The minimum absolute atomic E-state index is 0.0105. The maximum Gasteiger partial charge on any atom is 0.225 e. The number of amides is 2. The summed E-state index contributed by atoms with van der Waals surface area (Å²) < 4.78 is 0. The van der Waals surface area contributed by atoms with E-state index >= 15 is 0 Å². The van der Waals surface area contributed by atoms with Crippen molar-refractivity contribution in [2.24, 2.45) is 11.8 Å². The summed E-state index contributed by atoms with van der Waals surface area (Å²) in [5.41, 5.74) is 1.21. The number of rotatable bonds is 7. The van der Waals surface area contributed by atoms with Crippen LogP contribution < -0.4 is 5.32 Å². The van der Waals surface area contributed by atoms with Gasteiger partial charge in [-0.05, 0) is 24.3 Å². The molecule has 1 saturated heterocycles. The van der Waals surface area contributed by atoms with Gasteiger partial charge in [-0.25, -0.2) is 0 Å². The van der Waals surface area contributed by atoms with E-state index < -0.39 is 0 Å². The van der Waals surface area contributed by atoms with Gasteiger partial charge in [0.15, 0.2) is 0 Å². The molecule has 0 aromatic heterocycles. The van der Waals surface area contributed by atoms with Crippen LogP contribution in [0.25, 0.3) is 0 Å². The van der Waals surface area contributed by atoms with Crippen LogP contribution in [0.2, 0.25) is 0 Å². The summed E-state index contributed by atoms with van der Waals surface area (Å²) in [5.74, 6) is 0.516. The number of nitrogens with zero attached hydrogens (tertiary/aromatic N) is 1. The molecule has 1 aliphatic rings. The van der Waals surface area contributed by atoms with E-state index in [1.807, 2.05) is 23.1 Å². The largest absolute Gasteiger partial charge is 0.355 e. The smallest absolute Gasteiger partial charge is 0.225 e. The van der Waals surface area contributed by atoms with Crippen LogP contribution in [0.3, 0.4) is 0 Å². The highest BCUT2D eigenvalue weighted by atomic mass is 16.2. The molecule has 2 amide bonds. The Bertz CT molecular complexity index is 499. The van der Waals surface area contributed by atoms with Gasteiger partial charge in [0.25, 0.3) is 0 Å². The zero-order chi connectivity index (χ0) is 15.9. The normalized spacial score (nSPS) is 18.0. The molecule has 22 heavy (non-hydrogen) atoms. The average molecular weight is 302 g/mol. The van der Waals surface area contributed by atoms with E-state index in [2.05, 4.69) is 31.3 Å². The molecule has 2 rings (SSSR count). The van der Waals surface area contributed by atoms with Crippen LogP contribution in [0, 0.1) is 11.8 Å². The topological polar surface area (TPSA) is 49.4 Å². The van der Waals surface area contributed by atoms with Crippen LogP contribution in [0.15, 0.2) is 30.3 Å². The second-order valence-electron chi connectivity index (χ2n) is 6.45. The third kappa shape index (κ3) is 4.86. The van der Waals surface area contributed by atoms with Crippen molar-refractivity contribution in [2.45, 2.75) is 33.1 Å². The number of hydrogen-bond acceptors (Lipinski definition) is 2. The van der Waals surface area contributed by atoms with Crippen LogP contribution >= 0.6 is 0 Å². The highest BCUT2D eigenvalue weighted by Crippen LogP contribution is 2.19. The zero-order valence-electron chi connectivity index (χ0n) is 13.5. The number of carbonyl (C=O) groups excluding carboxylic acids is 2. The van der Waals surface area contributed by atoms with E-state index in [4.69, 9.17) is 0 Å². The monoisotopic (exact) mass is 302 g/mol. The van der Waals surface area contributed by atoms with Gasteiger partial charge in [0.1, 0.15) is 0 Å². The molecule has 1 heterocycles. The molecule has 0 bridgehead atoms. The second-order valence-corrected chi connectivity index (χ2v) is 6.45. The van der Waals surface area contributed by atoms with E-state index in [-0.39, 0.29) is 17.7 Å². The van der Waals surface area contributed by atoms with Gasteiger partial charge < -0.3 is 10.2 Å². The average Bonchev–Trinajstić information content (AvgIpc) is 2.87. The lowest BCUT2D eigenvalue weighted by Crippen LogP contribution is -2.34. The van der Waals surface area contributed by atoms with Crippen LogP contribution in [0.5, 0.6) is 0 Å². The number of benzene rings is 1. The van der Waals surface area contributed by atoms with E-state index in [9.17, 15) is 9.59 Å². The van der Waals surface area contributed by atoms with Crippen molar-refractivity contribution in [2.75, 3.05) is 19.6 Å². The number of likely N-dealkylation sites (tertiary alicyclic amines) is 1. The number of hydrogen-bond donors (Lipinski definition) is 1. The highest BCUT2D eigenvalue weighted by Gasteiger charge is 2.33. The molecule has 1 fully saturated rings. The Morgan fingerprint density at radius 1 is 1.32 bits per heavy atom. The molecule has 0 unspecified atom stereocenters. The third-order valence-corrected chi connectivity index (χ3v) is 4.12. The summed E-state index contributed by atoms with van der Waals surface area (Å²) in [7, 11) is 0. The Morgan fingerprint density at radius 3 is 2.73 bits per heavy atom. The summed E-state index contributed by atoms with van der Waals surface area (Å²) in [5, 5.41) is 2.96. The molecular formula is C18H26N2O2.